The first-order chi connectivity index (χ1) is 6.48. The molecule has 4 atom stereocenters. The highest BCUT2D eigenvalue weighted by Gasteiger charge is 2.37. The molecule has 0 radical (unpaired) electrons. The molecule has 0 spiro atoms. The van der Waals surface area contributed by atoms with Crippen LogP contribution in [-0.2, 0) is 18.3 Å². The third kappa shape index (κ3) is 3.04. The summed E-state index contributed by atoms with van der Waals surface area (Å²) in [5.74, 6) is 0. The Kier molecular flexibility index (Phi) is 4.10. The lowest BCUT2D eigenvalue weighted by molar-refractivity contribution is 0.0115. The summed E-state index contributed by atoms with van der Waals surface area (Å²) in [6, 6.07) is 0. The van der Waals surface area contributed by atoms with Gasteiger partial charge in [-0.05, 0) is 13.3 Å². The average molecular weight is 224 g/mol. The minimum Gasteiger partial charge on any atom is -0.372 e. The first-order valence-corrected chi connectivity index (χ1v) is 6.20. The van der Waals surface area contributed by atoms with Gasteiger partial charge in [-0.3, -0.25) is 9.05 Å². The van der Waals surface area contributed by atoms with E-state index >= 15 is 0 Å². The van der Waals surface area contributed by atoms with Gasteiger partial charge in [-0.15, -0.1) is 0 Å². The summed E-state index contributed by atoms with van der Waals surface area (Å²) in [6.07, 6.45) is 1.01. The van der Waals surface area contributed by atoms with Gasteiger partial charge in [-0.25, -0.2) is 4.57 Å². The fraction of sp³-hybridized carbons (Fsp3) is 1.00. The predicted octanol–water partition coefficient (Wildman–Crippen LogP) is 1.71. The Morgan fingerprint density at radius 3 is 2.79 bits per heavy atom. The molecular weight excluding hydrogens is 207 g/mol. The zero-order valence-electron chi connectivity index (χ0n) is 8.67. The van der Waals surface area contributed by atoms with E-state index in [0.29, 0.717) is 6.42 Å². The fourth-order valence-corrected chi connectivity index (χ4v) is 2.25. The molecule has 0 saturated carbocycles. The lowest BCUT2D eigenvalue weighted by Gasteiger charge is -2.19. The van der Waals surface area contributed by atoms with Crippen molar-refractivity contribution in [3.05, 3.63) is 0 Å². The van der Waals surface area contributed by atoms with E-state index in [4.69, 9.17) is 14.2 Å². The van der Waals surface area contributed by atoms with E-state index in [1.54, 1.807) is 0 Å². The third-order valence-electron chi connectivity index (χ3n) is 2.29. The second-order valence-electron chi connectivity index (χ2n) is 3.42. The van der Waals surface area contributed by atoms with Gasteiger partial charge in [0.15, 0.2) is 0 Å². The van der Waals surface area contributed by atoms with Crippen molar-refractivity contribution >= 4 is 7.82 Å². The lowest BCUT2D eigenvalue weighted by atomic mass is 10.1. The quantitative estimate of drug-likeness (QED) is 0.736. The second kappa shape index (κ2) is 4.73. The molecule has 0 amide bonds. The molecule has 0 bridgehead atoms. The standard InChI is InChI=1S/C8H17O5P/c1-4-7-8(5-6(2)12-7)13-14(9,10)11-3/h6-8H,4-5H2,1-3H3,(H,9,10)/t6-,7+,8+/m0/s1. The second-order valence-corrected chi connectivity index (χ2v) is 4.94. The Bertz CT molecular complexity index is 232. The normalized spacial score (nSPS) is 37.0. The van der Waals surface area contributed by atoms with Crippen LogP contribution in [0.2, 0.25) is 0 Å². The molecule has 5 nitrogen and oxygen atoms in total. The molecule has 1 N–H and O–H groups in total. The summed E-state index contributed by atoms with van der Waals surface area (Å²) in [4.78, 5) is 9.14. The van der Waals surface area contributed by atoms with Crippen molar-refractivity contribution in [3.8, 4) is 0 Å². The van der Waals surface area contributed by atoms with Gasteiger partial charge in [0, 0.05) is 13.5 Å². The zero-order chi connectivity index (χ0) is 10.8. The highest BCUT2D eigenvalue weighted by atomic mass is 31.2. The molecule has 1 fully saturated rings. The molecule has 14 heavy (non-hydrogen) atoms. The molecule has 6 heteroatoms. The van der Waals surface area contributed by atoms with Gasteiger partial charge < -0.3 is 9.63 Å². The monoisotopic (exact) mass is 224 g/mol. The van der Waals surface area contributed by atoms with E-state index in [9.17, 15) is 4.57 Å². The summed E-state index contributed by atoms with van der Waals surface area (Å²) in [6.45, 7) is 3.87. The number of hydrogen-bond donors (Lipinski definition) is 1. The molecule has 0 aliphatic carbocycles. The molecule has 0 aromatic heterocycles. The first-order valence-electron chi connectivity index (χ1n) is 4.71. The first kappa shape index (κ1) is 12.1. The van der Waals surface area contributed by atoms with Crippen LogP contribution in [0.3, 0.4) is 0 Å². The van der Waals surface area contributed by atoms with Crippen molar-refractivity contribution in [1.82, 2.24) is 0 Å². The molecule has 0 aromatic rings. The van der Waals surface area contributed by atoms with Crippen LogP contribution in [0, 0.1) is 0 Å². The lowest BCUT2D eigenvalue weighted by Crippen LogP contribution is -2.22. The van der Waals surface area contributed by atoms with Crippen LogP contribution in [0.5, 0.6) is 0 Å². The van der Waals surface area contributed by atoms with Crippen LogP contribution in [-0.4, -0.2) is 30.3 Å². The molecule has 1 saturated heterocycles. The Morgan fingerprint density at radius 2 is 2.29 bits per heavy atom. The van der Waals surface area contributed by atoms with Crippen LogP contribution in [0.15, 0.2) is 0 Å². The van der Waals surface area contributed by atoms with E-state index < -0.39 is 7.82 Å². The van der Waals surface area contributed by atoms with E-state index in [1.807, 2.05) is 13.8 Å². The molecule has 1 unspecified atom stereocenters. The Labute approximate surface area is 84.0 Å². The van der Waals surface area contributed by atoms with Crippen molar-refractivity contribution in [2.45, 2.75) is 45.0 Å². The number of rotatable bonds is 4. The Morgan fingerprint density at radius 1 is 1.64 bits per heavy atom. The average Bonchev–Trinajstić information content (AvgIpc) is 2.45. The fourth-order valence-electron chi connectivity index (χ4n) is 1.60. The third-order valence-corrected chi connectivity index (χ3v) is 3.29. The topological polar surface area (TPSA) is 65.0 Å². The van der Waals surface area contributed by atoms with E-state index in [0.717, 1.165) is 13.5 Å². The number of phosphoric ester groups is 1. The van der Waals surface area contributed by atoms with Gasteiger partial charge >= 0.3 is 7.82 Å². The highest BCUT2D eigenvalue weighted by molar-refractivity contribution is 7.47. The molecule has 1 aliphatic rings. The van der Waals surface area contributed by atoms with Gasteiger partial charge in [-0.1, -0.05) is 6.92 Å². The minimum absolute atomic E-state index is 0.0711. The van der Waals surface area contributed by atoms with Gasteiger partial charge in [0.25, 0.3) is 0 Å². The van der Waals surface area contributed by atoms with Gasteiger partial charge in [0.2, 0.25) is 0 Å². The largest absolute Gasteiger partial charge is 0.472 e. The number of hydrogen-bond acceptors (Lipinski definition) is 4. The summed E-state index contributed by atoms with van der Waals surface area (Å²) >= 11 is 0. The number of phosphoric acid groups is 1. The Hall–Kier alpha value is 0.0700. The smallest absolute Gasteiger partial charge is 0.372 e. The van der Waals surface area contributed by atoms with Gasteiger partial charge in [-0.2, -0.15) is 0 Å². The molecule has 1 aliphatic heterocycles. The van der Waals surface area contributed by atoms with Crippen LogP contribution in [0.4, 0.5) is 0 Å². The summed E-state index contributed by atoms with van der Waals surface area (Å²) in [7, 11) is -2.73. The van der Waals surface area contributed by atoms with Crippen molar-refractivity contribution in [2.24, 2.45) is 0 Å². The predicted molar refractivity (Wildman–Crippen MR) is 51.0 cm³/mol. The van der Waals surface area contributed by atoms with Crippen LogP contribution < -0.4 is 0 Å². The zero-order valence-corrected chi connectivity index (χ0v) is 9.57. The van der Waals surface area contributed by atoms with E-state index in [1.165, 1.54) is 0 Å². The van der Waals surface area contributed by atoms with Crippen molar-refractivity contribution in [3.63, 3.8) is 0 Å². The van der Waals surface area contributed by atoms with Crippen LogP contribution in [0.25, 0.3) is 0 Å². The van der Waals surface area contributed by atoms with Crippen LogP contribution in [0.1, 0.15) is 26.7 Å². The molecule has 1 rings (SSSR count). The molecule has 0 aromatic carbocycles. The van der Waals surface area contributed by atoms with Crippen molar-refractivity contribution < 1.29 is 23.2 Å². The maximum Gasteiger partial charge on any atom is 0.472 e. The molecular formula is C8H17O5P. The Balaban J connectivity index is 2.55. The van der Waals surface area contributed by atoms with E-state index in [-0.39, 0.29) is 18.3 Å². The molecule has 1 heterocycles. The summed E-state index contributed by atoms with van der Waals surface area (Å²) in [5, 5.41) is 0. The summed E-state index contributed by atoms with van der Waals surface area (Å²) < 4.78 is 26.0. The minimum atomic E-state index is -3.88. The van der Waals surface area contributed by atoms with Crippen molar-refractivity contribution in [1.29, 1.82) is 0 Å². The SMILES string of the molecule is CC[C@H]1O[C@@H](C)C[C@H]1OP(=O)(O)OC. The highest BCUT2D eigenvalue weighted by Crippen LogP contribution is 2.46. The van der Waals surface area contributed by atoms with Crippen LogP contribution >= 0.6 is 7.82 Å². The summed E-state index contributed by atoms with van der Waals surface area (Å²) in [5.41, 5.74) is 0. The molecule has 84 valence electrons. The maximum absolute atomic E-state index is 11.2. The van der Waals surface area contributed by atoms with Gasteiger partial charge in [0.1, 0.15) is 0 Å². The number of ether oxygens (including phenoxy) is 1. The maximum atomic E-state index is 11.2. The van der Waals surface area contributed by atoms with Gasteiger partial charge in [0.05, 0.1) is 18.3 Å². The van der Waals surface area contributed by atoms with E-state index in [2.05, 4.69) is 4.52 Å². The van der Waals surface area contributed by atoms with Crippen molar-refractivity contribution in [2.75, 3.05) is 7.11 Å².